The summed E-state index contributed by atoms with van der Waals surface area (Å²) in [5, 5.41) is 9.60. The van der Waals surface area contributed by atoms with E-state index in [2.05, 4.69) is 4.74 Å². The summed E-state index contributed by atoms with van der Waals surface area (Å²) in [7, 11) is -2.71. The summed E-state index contributed by atoms with van der Waals surface area (Å²) in [5.41, 5.74) is 0.463. The molecule has 1 heterocycles. The molecule has 2 rings (SSSR count). The number of fused-ring (bicyclic) bond motifs is 1. The first-order valence-corrected chi connectivity index (χ1v) is 6.28. The molecule has 0 saturated heterocycles. The molecular weight excluding hydrogens is 244 g/mol. The zero-order valence-corrected chi connectivity index (χ0v) is 9.77. The van der Waals surface area contributed by atoms with E-state index in [0.717, 1.165) is 7.11 Å². The summed E-state index contributed by atoms with van der Waals surface area (Å²) in [6, 6.07) is 6.29. The van der Waals surface area contributed by atoms with Crippen molar-refractivity contribution in [2.75, 3.05) is 7.11 Å². The lowest BCUT2D eigenvalue weighted by Crippen LogP contribution is -2.26. The van der Waals surface area contributed by atoms with Crippen LogP contribution in [0.4, 0.5) is 0 Å². The fraction of sp³-hybridized carbons (Fsp3) is 0.182. The maximum Gasteiger partial charge on any atom is 0.340 e. The fourth-order valence-electron chi connectivity index (χ4n) is 1.66. The Morgan fingerprint density at radius 1 is 1.35 bits per heavy atom. The number of sulfone groups is 1. The van der Waals surface area contributed by atoms with E-state index < -0.39 is 21.9 Å². The van der Waals surface area contributed by atoms with Gasteiger partial charge in [-0.3, -0.25) is 0 Å². The van der Waals surface area contributed by atoms with Gasteiger partial charge in [-0.25, -0.2) is 13.2 Å². The predicted molar refractivity (Wildman–Crippen MR) is 59.6 cm³/mol. The molecule has 1 N–H and O–H groups in total. The van der Waals surface area contributed by atoms with E-state index in [0.29, 0.717) is 5.56 Å². The van der Waals surface area contributed by atoms with E-state index in [9.17, 15) is 18.3 Å². The molecule has 17 heavy (non-hydrogen) atoms. The van der Waals surface area contributed by atoms with Gasteiger partial charge in [-0.2, -0.15) is 0 Å². The van der Waals surface area contributed by atoms with Crippen molar-refractivity contribution in [3.63, 3.8) is 0 Å². The third-order valence-corrected chi connectivity index (χ3v) is 4.42. The quantitative estimate of drug-likeness (QED) is 0.770. The molecule has 0 aliphatic carbocycles. The minimum atomic E-state index is -3.79. The first-order valence-electron chi connectivity index (χ1n) is 4.80. The van der Waals surface area contributed by atoms with Crippen molar-refractivity contribution in [2.45, 2.75) is 11.0 Å². The molecule has 0 fully saturated rings. The number of ether oxygens (including phenoxy) is 1. The summed E-state index contributed by atoms with van der Waals surface area (Å²) in [6.07, 6.45) is -0.496. The van der Waals surface area contributed by atoms with Gasteiger partial charge in [0.1, 0.15) is 0 Å². The Morgan fingerprint density at radius 2 is 2.00 bits per heavy atom. The Bertz CT molecular complexity index is 600. The van der Waals surface area contributed by atoms with Gasteiger partial charge in [0.05, 0.1) is 16.9 Å². The van der Waals surface area contributed by atoms with Crippen LogP contribution in [0.5, 0.6) is 0 Å². The van der Waals surface area contributed by atoms with Crippen molar-refractivity contribution in [1.29, 1.82) is 0 Å². The zero-order valence-electron chi connectivity index (χ0n) is 8.95. The highest BCUT2D eigenvalue weighted by Gasteiger charge is 2.37. The molecule has 1 aliphatic heterocycles. The van der Waals surface area contributed by atoms with E-state index >= 15 is 0 Å². The van der Waals surface area contributed by atoms with Crippen LogP contribution in [0.2, 0.25) is 0 Å². The highest BCUT2D eigenvalue weighted by molar-refractivity contribution is 7.96. The second-order valence-corrected chi connectivity index (χ2v) is 5.43. The van der Waals surface area contributed by atoms with E-state index in [1.54, 1.807) is 18.2 Å². The van der Waals surface area contributed by atoms with Crippen molar-refractivity contribution in [1.82, 2.24) is 0 Å². The molecule has 90 valence electrons. The second kappa shape index (κ2) is 3.97. The first-order chi connectivity index (χ1) is 7.98. The van der Waals surface area contributed by atoms with Crippen LogP contribution in [0.15, 0.2) is 34.1 Å². The Balaban J connectivity index is 2.52. The maximum absolute atomic E-state index is 12.0. The molecule has 0 spiro atoms. The van der Waals surface area contributed by atoms with Crippen molar-refractivity contribution < 1.29 is 23.1 Å². The first kappa shape index (κ1) is 11.8. The number of hydrogen-bond donors (Lipinski definition) is 1. The molecule has 1 unspecified atom stereocenters. The Kier molecular flexibility index (Phi) is 2.76. The van der Waals surface area contributed by atoms with Crippen molar-refractivity contribution in [3.05, 3.63) is 34.7 Å². The Morgan fingerprint density at radius 3 is 2.59 bits per heavy atom. The zero-order chi connectivity index (χ0) is 12.6. The summed E-state index contributed by atoms with van der Waals surface area (Å²) >= 11 is 0. The minimum Gasteiger partial charge on any atom is -0.467 e. The van der Waals surface area contributed by atoms with Gasteiger partial charge in [-0.05, 0) is 17.7 Å². The third-order valence-electron chi connectivity index (χ3n) is 2.51. The van der Waals surface area contributed by atoms with Crippen LogP contribution >= 0.6 is 0 Å². The standard InChI is InChI=1S/C11H10O5S/c1-16-11(13)10(12)9-6-7-4-2-3-5-8(7)17(9,14)15/h2-6,10,12H,1H3. The highest BCUT2D eigenvalue weighted by atomic mass is 32.2. The number of rotatable bonds is 2. The Hall–Kier alpha value is -1.66. The molecule has 0 saturated carbocycles. The molecule has 5 nitrogen and oxygen atoms in total. The summed E-state index contributed by atoms with van der Waals surface area (Å²) in [4.78, 5) is 10.9. The number of carbonyl (C=O) groups is 1. The molecule has 1 aliphatic rings. The van der Waals surface area contributed by atoms with Gasteiger partial charge in [-0.1, -0.05) is 18.2 Å². The fourth-order valence-corrected chi connectivity index (χ4v) is 3.28. The topological polar surface area (TPSA) is 80.7 Å². The van der Waals surface area contributed by atoms with Crippen LogP contribution in [0.3, 0.4) is 0 Å². The number of methoxy groups -OCH3 is 1. The molecule has 1 aromatic rings. The van der Waals surface area contributed by atoms with Gasteiger partial charge in [0.25, 0.3) is 0 Å². The number of esters is 1. The highest BCUT2D eigenvalue weighted by Crippen LogP contribution is 2.34. The second-order valence-electron chi connectivity index (χ2n) is 3.51. The summed E-state index contributed by atoms with van der Waals surface area (Å²) < 4.78 is 28.3. The SMILES string of the molecule is COC(=O)C(O)C1=Cc2ccccc2S1(=O)=O. The minimum absolute atomic E-state index is 0.0953. The molecule has 1 atom stereocenters. The van der Waals surface area contributed by atoms with E-state index in [4.69, 9.17) is 0 Å². The van der Waals surface area contributed by atoms with Gasteiger partial charge >= 0.3 is 5.97 Å². The van der Waals surface area contributed by atoms with Gasteiger partial charge < -0.3 is 9.84 Å². The molecule has 0 bridgehead atoms. The van der Waals surface area contributed by atoms with Gasteiger partial charge in [0, 0.05) is 0 Å². The summed E-state index contributed by atoms with van der Waals surface area (Å²) in [5.74, 6) is -0.993. The number of aliphatic hydroxyl groups is 1. The molecule has 1 aromatic carbocycles. The van der Waals surface area contributed by atoms with Crippen molar-refractivity contribution in [3.8, 4) is 0 Å². The average Bonchev–Trinajstić information content (AvgIpc) is 2.60. The van der Waals surface area contributed by atoms with Gasteiger partial charge in [-0.15, -0.1) is 0 Å². The summed E-state index contributed by atoms with van der Waals surface area (Å²) in [6.45, 7) is 0. The number of benzene rings is 1. The molecule has 0 amide bonds. The largest absolute Gasteiger partial charge is 0.467 e. The lowest BCUT2D eigenvalue weighted by atomic mass is 10.2. The van der Waals surface area contributed by atoms with Crippen LogP contribution in [0, 0.1) is 0 Å². The smallest absolute Gasteiger partial charge is 0.340 e. The number of hydrogen-bond acceptors (Lipinski definition) is 5. The molecule has 0 aromatic heterocycles. The number of aliphatic hydroxyl groups excluding tert-OH is 1. The lowest BCUT2D eigenvalue weighted by molar-refractivity contribution is -0.147. The monoisotopic (exact) mass is 254 g/mol. The average molecular weight is 254 g/mol. The van der Waals surface area contributed by atoms with Crippen molar-refractivity contribution >= 4 is 21.9 Å². The van der Waals surface area contributed by atoms with Gasteiger partial charge in [0.15, 0.2) is 6.10 Å². The predicted octanol–water partition coefficient (Wildman–Crippen LogP) is 0.349. The normalized spacial score (nSPS) is 18.1. The number of carbonyl (C=O) groups excluding carboxylic acids is 1. The van der Waals surface area contributed by atoms with Gasteiger partial charge in [0.2, 0.25) is 9.84 Å². The van der Waals surface area contributed by atoms with Crippen LogP contribution in [0.25, 0.3) is 6.08 Å². The molecule has 6 heteroatoms. The van der Waals surface area contributed by atoms with E-state index in [1.165, 1.54) is 12.1 Å². The van der Waals surface area contributed by atoms with Crippen LogP contribution in [-0.2, 0) is 19.4 Å². The molecule has 0 radical (unpaired) electrons. The van der Waals surface area contributed by atoms with Crippen LogP contribution in [0.1, 0.15) is 5.56 Å². The van der Waals surface area contributed by atoms with Crippen LogP contribution < -0.4 is 0 Å². The maximum atomic E-state index is 12.0. The van der Waals surface area contributed by atoms with E-state index in [1.807, 2.05) is 0 Å². The van der Waals surface area contributed by atoms with E-state index in [-0.39, 0.29) is 9.80 Å². The van der Waals surface area contributed by atoms with Crippen molar-refractivity contribution in [2.24, 2.45) is 0 Å². The lowest BCUT2D eigenvalue weighted by Gasteiger charge is -2.09. The Labute approximate surface area is 98.3 Å². The van der Waals surface area contributed by atoms with Crippen LogP contribution in [-0.4, -0.2) is 32.7 Å². The molecular formula is C11H10O5S. The third kappa shape index (κ3) is 1.75.